The standard InChI is InChI=1S/C7H6N4O2.C2H6/c8-10-9-5-6-3-1-2-4-7(6)11(12)13;1-2/h1-4H,5H2;1-2H3. The van der Waals surface area contributed by atoms with E-state index in [1.54, 1.807) is 18.2 Å². The number of hydrogen-bond acceptors (Lipinski definition) is 3. The van der Waals surface area contributed by atoms with E-state index in [9.17, 15) is 10.1 Å². The Labute approximate surface area is 87.3 Å². The monoisotopic (exact) mass is 208 g/mol. The molecule has 0 N–H and O–H groups in total. The van der Waals surface area contributed by atoms with Gasteiger partial charge in [0, 0.05) is 16.5 Å². The number of nitro benzene ring substituents is 1. The minimum Gasteiger partial charge on any atom is -0.258 e. The van der Waals surface area contributed by atoms with Crippen LogP contribution < -0.4 is 0 Å². The molecule has 0 saturated heterocycles. The van der Waals surface area contributed by atoms with E-state index >= 15 is 0 Å². The van der Waals surface area contributed by atoms with Gasteiger partial charge in [-0.3, -0.25) is 10.1 Å². The molecule has 6 heteroatoms. The van der Waals surface area contributed by atoms with Crippen LogP contribution in [-0.4, -0.2) is 4.92 Å². The summed E-state index contributed by atoms with van der Waals surface area (Å²) < 4.78 is 0. The zero-order chi connectivity index (χ0) is 11.7. The number of para-hydroxylation sites is 1. The summed E-state index contributed by atoms with van der Waals surface area (Å²) in [5.41, 5.74) is 8.45. The zero-order valence-corrected chi connectivity index (χ0v) is 8.62. The third kappa shape index (κ3) is 4.10. The van der Waals surface area contributed by atoms with Gasteiger partial charge in [0.1, 0.15) is 0 Å². The number of benzene rings is 1. The second kappa shape index (κ2) is 7.34. The fourth-order valence-corrected chi connectivity index (χ4v) is 0.930. The summed E-state index contributed by atoms with van der Waals surface area (Å²) in [6.07, 6.45) is 0. The first-order valence-corrected chi connectivity index (χ1v) is 4.49. The van der Waals surface area contributed by atoms with Gasteiger partial charge >= 0.3 is 0 Å². The molecule has 1 aromatic carbocycles. The third-order valence-corrected chi connectivity index (χ3v) is 1.49. The molecule has 6 nitrogen and oxygen atoms in total. The minimum atomic E-state index is -0.498. The van der Waals surface area contributed by atoms with Crippen molar-refractivity contribution in [1.82, 2.24) is 0 Å². The van der Waals surface area contributed by atoms with Crippen molar-refractivity contribution in [2.45, 2.75) is 20.4 Å². The molecule has 0 aliphatic rings. The summed E-state index contributed by atoms with van der Waals surface area (Å²) in [6.45, 7) is 4.01. The second-order valence-corrected chi connectivity index (χ2v) is 2.27. The molecule has 0 unspecified atom stereocenters. The predicted molar refractivity (Wildman–Crippen MR) is 57.3 cm³/mol. The van der Waals surface area contributed by atoms with Crippen molar-refractivity contribution in [2.24, 2.45) is 5.11 Å². The van der Waals surface area contributed by atoms with Gasteiger partial charge in [-0.15, -0.1) is 0 Å². The number of nitrogens with zero attached hydrogens (tertiary/aromatic N) is 4. The third-order valence-electron chi connectivity index (χ3n) is 1.49. The van der Waals surface area contributed by atoms with E-state index in [4.69, 9.17) is 5.53 Å². The van der Waals surface area contributed by atoms with Crippen LogP contribution in [0.3, 0.4) is 0 Å². The molecule has 80 valence electrons. The maximum absolute atomic E-state index is 10.5. The van der Waals surface area contributed by atoms with Crippen molar-refractivity contribution < 1.29 is 4.92 Å². The van der Waals surface area contributed by atoms with Crippen LogP contribution in [0, 0.1) is 10.1 Å². The molecule has 0 radical (unpaired) electrons. The van der Waals surface area contributed by atoms with Crippen molar-refractivity contribution in [1.29, 1.82) is 0 Å². The fourth-order valence-electron chi connectivity index (χ4n) is 0.930. The van der Waals surface area contributed by atoms with Gasteiger partial charge in [-0.25, -0.2) is 0 Å². The second-order valence-electron chi connectivity index (χ2n) is 2.27. The smallest absolute Gasteiger partial charge is 0.258 e. The molecular weight excluding hydrogens is 196 g/mol. The molecule has 0 aromatic heterocycles. The van der Waals surface area contributed by atoms with Crippen LogP contribution in [0.5, 0.6) is 0 Å². The zero-order valence-electron chi connectivity index (χ0n) is 8.62. The lowest BCUT2D eigenvalue weighted by Crippen LogP contribution is -1.93. The number of nitro groups is 1. The average Bonchev–Trinajstić information content (AvgIpc) is 2.29. The topological polar surface area (TPSA) is 91.9 Å². The van der Waals surface area contributed by atoms with Crippen LogP contribution in [0.15, 0.2) is 29.4 Å². The maximum Gasteiger partial charge on any atom is 0.272 e. The molecule has 0 saturated carbocycles. The molecule has 0 heterocycles. The molecule has 1 aromatic rings. The maximum atomic E-state index is 10.5. The first-order chi connectivity index (χ1) is 7.25. The predicted octanol–water partition coefficient (Wildman–Crippen LogP) is 3.43. The summed E-state index contributed by atoms with van der Waals surface area (Å²) in [5.74, 6) is 0. The summed E-state index contributed by atoms with van der Waals surface area (Å²) in [5, 5.41) is 13.7. The van der Waals surface area contributed by atoms with E-state index in [0.717, 1.165) is 0 Å². The van der Waals surface area contributed by atoms with Crippen LogP contribution in [0.4, 0.5) is 5.69 Å². The summed E-state index contributed by atoms with van der Waals surface area (Å²) >= 11 is 0. The highest BCUT2D eigenvalue weighted by Gasteiger charge is 2.10. The number of azide groups is 1. The normalized spacial score (nSPS) is 8.13. The first-order valence-electron chi connectivity index (χ1n) is 4.49. The Morgan fingerprint density at radius 1 is 1.47 bits per heavy atom. The Kier molecular flexibility index (Phi) is 6.33. The Hall–Kier alpha value is -2.07. The molecule has 0 bridgehead atoms. The lowest BCUT2D eigenvalue weighted by atomic mass is 10.2. The lowest BCUT2D eigenvalue weighted by molar-refractivity contribution is -0.385. The Morgan fingerprint density at radius 3 is 2.60 bits per heavy atom. The van der Waals surface area contributed by atoms with Crippen LogP contribution >= 0.6 is 0 Å². The Balaban J connectivity index is 0.000000921. The lowest BCUT2D eigenvalue weighted by Gasteiger charge is -1.96. The van der Waals surface area contributed by atoms with Crippen molar-refractivity contribution in [3.05, 3.63) is 50.4 Å². The molecule has 0 aliphatic carbocycles. The Bertz CT molecular complexity index is 372. The van der Waals surface area contributed by atoms with Gasteiger partial charge in [0.05, 0.1) is 11.5 Å². The van der Waals surface area contributed by atoms with E-state index in [-0.39, 0.29) is 12.2 Å². The molecule has 0 atom stereocenters. The van der Waals surface area contributed by atoms with Crippen molar-refractivity contribution >= 4 is 5.69 Å². The van der Waals surface area contributed by atoms with E-state index in [2.05, 4.69) is 10.0 Å². The average molecular weight is 208 g/mol. The summed E-state index contributed by atoms with van der Waals surface area (Å²) in [6, 6.07) is 6.17. The first kappa shape index (κ1) is 12.9. The largest absolute Gasteiger partial charge is 0.272 e. The van der Waals surface area contributed by atoms with Crippen LogP contribution in [0.2, 0.25) is 0 Å². The van der Waals surface area contributed by atoms with Crippen LogP contribution in [-0.2, 0) is 6.54 Å². The summed E-state index contributed by atoms with van der Waals surface area (Å²) in [7, 11) is 0. The molecule has 1 rings (SSSR count). The number of hydrogen-bond donors (Lipinski definition) is 0. The molecule has 15 heavy (non-hydrogen) atoms. The highest BCUT2D eigenvalue weighted by atomic mass is 16.6. The quantitative estimate of drug-likeness (QED) is 0.250. The fraction of sp³-hybridized carbons (Fsp3) is 0.333. The SMILES string of the molecule is CC.[N-]=[N+]=NCc1ccccc1[N+](=O)[O-]. The minimum absolute atomic E-state index is 0.00759. The van der Waals surface area contributed by atoms with Gasteiger partial charge in [0.2, 0.25) is 0 Å². The highest BCUT2D eigenvalue weighted by Crippen LogP contribution is 2.18. The van der Waals surface area contributed by atoms with Gasteiger partial charge in [-0.1, -0.05) is 37.2 Å². The van der Waals surface area contributed by atoms with E-state index < -0.39 is 4.92 Å². The molecule has 0 fully saturated rings. The van der Waals surface area contributed by atoms with Crippen LogP contribution in [0.25, 0.3) is 10.4 Å². The van der Waals surface area contributed by atoms with Crippen molar-refractivity contribution in [2.75, 3.05) is 0 Å². The van der Waals surface area contributed by atoms with Crippen molar-refractivity contribution in [3.8, 4) is 0 Å². The van der Waals surface area contributed by atoms with Gasteiger partial charge < -0.3 is 0 Å². The van der Waals surface area contributed by atoms with Crippen LogP contribution in [0.1, 0.15) is 19.4 Å². The van der Waals surface area contributed by atoms with E-state index in [1.807, 2.05) is 13.8 Å². The number of rotatable bonds is 3. The Morgan fingerprint density at radius 2 is 2.07 bits per heavy atom. The molecular formula is C9H12N4O2. The highest BCUT2D eigenvalue weighted by molar-refractivity contribution is 5.39. The van der Waals surface area contributed by atoms with Gasteiger partial charge in [0.25, 0.3) is 5.69 Å². The van der Waals surface area contributed by atoms with Gasteiger partial charge in [-0.2, -0.15) is 0 Å². The van der Waals surface area contributed by atoms with Gasteiger partial charge in [-0.05, 0) is 5.53 Å². The molecule has 0 amide bonds. The van der Waals surface area contributed by atoms with E-state index in [1.165, 1.54) is 6.07 Å². The molecule has 0 aliphatic heterocycles. The van der Waals surface area contributed by atoms with E-state index in [0.29, 0.717) is 5.56 Å². The molecule has 0 spiro atoms. The van der Waals surface area contributed by atoms with Crippen molar-refractivity contribution in [3.63, 3.8) is 0 Å². The summed E-state index contributed by atoms with van der Waals surface area (Å²) in [4.78, 5) is 12.5. The van der Waals surface area contributed by atoms with Gasteiger partial charge in [0.15, 0.2) is 0 Å².